The molecule has 0 N–H and O–H groups in total. The Morgan fingerprint density at radius 3 is 1.46 bits per heavy atom. The lowest BCUT2D eigenvalue weighted by Gasteiger charge is -2.19. The summed E-state index contributed by atoms with van der Waals surface area (Å²) < 4.78 is 18.1. The van der Waals surface area contributed by atoms with Crippen molar-refractivity contribution in [1.29, 1.82) is 10.5 Å². The van der Waals surface area contributed by atoms with E-state index in [4.69, 9.17) is 8.83 Å². The summed E-state index contributed by atoms with van der Waals surface area (Å²) in [4.78, 5) is 0. The maximum absolute atomic E-state index is 10.9. The van der Waals surface area contributed by atoms with Gasteiger partial charge in [-0.1, -0.05) is 97.1 Å². The van der Waals surface area contributed by atoms with Crippen molar-refractivity contribution in [3.63, 3.8) is 0 Å². The molecule has 0 saturated heterocycles. The molecule has 12 aromatic rings. The Morgan fingerprint density at radius 2 is 0.911 bits per heavy atom. The summed E-state index contributed by atoms with van der Waals surface area (Å²) in [5, 5.41) is 29.2. The number of hydrogen-bond donors (Lipinski definition) is 0. The summed E-state index contributed by atoms with van der Waals surface area (Å²) in [6.07, 6.45) is 0. The van der Waals surface area contributed by atoms with E-state index in [9.17, 15) is 10.5 Å². The zero-order valence-corrected chi connectivity index (χ0v) is 29.6. The van der Waals surface area contributed by atoms with Crippen molar-refractivity contribution >= 4 is 87.5 Å². The average molecular weight is 715 g/mol. The van der Waals surface area contributed by atoms with Crippen LogP contribution < -0.4 is 0 Å². The maximum Gasteiger partial charge on any atom is 0.160 e. The SMILES string of the molecule is N#Cc1cccc(-c2cc(-n3c4ccccc4c4ccc5c6ccccc6oc5c43)c(-n3c4ccccc4c4ccc5c6ccccc6oc5c43)cc2C#N)c1. The number of fused-ring (bicyclic) bond motifs is 14. The molecule has 0 radical (unpaired) electrons. The van der Waals surface area contributed by atoms with E-state index in [2.05, 4.69) is 112 Å². The van der Waals surface area contributed by atoms with E-state index < -0.39 is 0 Å². The Labute approximate surface area is 318 Å². The smallest absolute Gasteiger partial charge is 0.160 e. The summed E-state index contributed by atoms with van der Waals surface area (Å²) in [5.41, 5.74) is 11.2. The van der Waals surface area contributed by atoms with Gasteiger partial charge in [-0.15, -0.1) is 0 Å². The minimum Gasteiger partial charge on any atom is -0.454 e. The molecule has 0 atom stereocenters. The summed E-state index contributed by atoms with van der Waals surface area (Å²) in [6.45, 7) is 0. The van der Waals surface area contributed by atoms with Crippen LogP contribution in [0.3, 0.4) is 0 Å². The van der Waals surface area contributed by atoms with E-state index in [0.717, 1.165) is 110 Å². The van der Waals surface area contributed by atoms with Gasteiger partial charge >= 0.3 is 0 Å². The highest BCUT2D eigenvalue weighted by Crippen LogP contribution is 2.46. The average Bonchev–Trinajstić information content (AvgIpc) is 4.01. The number of nitriles is 2. The lowest BCUT2D eigenvalue weighted by molar-refractivity contribution is 0.670. The molecule has 0 bridgehead atoms. The van der Waals surface area contributed by atoms with Crippen LogP contribution >= 0.6 is 0 Å². The molecule has 6 nitrogen and oxygen atoms in total. The predicted molar refractivity (Wildman–Crippen MR) is 225 cm³/mol. The molecule has 6 heteroatoms. The first-order chi connectivity index (χ1) is 27.7. The zero-order valence-electron chi connectivity index (χ0n) is 29.6. The maximum atomic E-state index is 10.9. The van der Waals surface area contributed by atoms with Crippen LogP contribution in [0, 0.1) is 22.7 Å². The first kappa shape index (κ1) is 30.4. The van der Waals surface area contributed by atoms with Crippen molar-refractivity contribution in [2.45, 2.75) is 0 Å². The molecule has 12 rings (SSSR count). The van der Waals surface area contributed by atoms with Crippen LogP contribution in [0.1, 0.15) is 11.1 Å². The Morgan fingerprint density at radius 1 is 0.411 bits per heavy atom. The van der Waals surface area contributed by atoms with E-state index >= 15 is 0 Å². The third kappa shape index (κ3) is 4.02. The first-order valence-electron chi connectivity index (χ1n) is 18.5. The van der Waals surface area contributed by atoms with Crippen LogP contribution in [-0.4, -0.2) is 9.13 Å². The van der Waals surface area contributed by atoms with Crippen molar-refractivity contribution in [2.24, 2.45) is 0 Å². The second kappa shape index (κ2) is 11.2. The number of para-hydroxylation sites is 4. The van der Waals surface area contributed by atoms with Crippen LogP contribution in [0.2, 0.25) is 0 Å². The molecule has 8 aromatic carbocycles. The van der Waals surface area contributed by atoms with Gasteiger partial charge in [0.2, 0.25) is 0 Å². The first-order valence-corrected chi connectivity index (χ1v) is 18.5. The van der Waals surface area contributed by atoms with Crippen molar-refractivity contribution in [1.82, 2.24) is 9.13 Å². The van der Waals surface area contributed by atoms with Gasteiger partial charge in [0.1, 0.15) is 11.2 Å². The third-order valence-electron chi connectivity index (χ3n) is 11.4. The molecule has 258 valence electrons. The van der Waals surface area contributed by atoms with Crippen LogP contribution in [0.5, 0.6) is 0 Å². The van der Waals surface area contributed by atoms with Crippen LogP contribution in [0.25, 0.3) is 110 Å². The molecular formula is C50H26N4O2. The van der Waals surface area contributed by atoms with E-state index in [-0.39, 0.29) is 0 Å². The highest BCUT2D eigenvalue weighted by atomic mass is 16.3. The fraction of sp³-hybridized carbons (Fsp3) is 0. The fourth-order valence-corrected chi connectivity index (χ4v) is 8.98. The van der Waals surface area contributed by atoms with Gasteiger partial charge in [-0.25, -0.2) is 0 Å². The van der Waals surface area contributed by atoms with Crippen molar-refractivity contribution in [3.05, 3.63) is 169 Å². The number of furan rings is 2. The largest absolute Gasteiger partial charge is 0.454 e. The van der Waals surface area contributed by atoms with Gasteiger partial charge in [0.25, 0.3) is 0 Å². The number of hydrogen-bond acceptors (Lipinski definition) is 4. The molecule has 4 heterocycles. The molecule has 0 saturated carbocycles. The topological polar surface area (TPSA) is 83.7 Å². The highest BCUT2D eigenvalue weighted by Gasteiger charge is 2.26. The second-order valence-electron chi connectivity index (χ2n) is 14.3. The molecule has 0 spiro atoms. The Kier molecular flexibility index (Phi) is 6.10. The van der Waals surface area contributed by atoms with Crippen LogP contribution in [-0.2, 0) is 0 Å². The van der Waals surface area contributed by atoms with Gasteiger partial charge < -0.3 is 18.0 Å². The van der Waals surface area contributed by atoms with Crippen molar-refractivity contribution < 1.29 is 8.83 Å². The molecule has 4 aromatic heterocycles. The normalized spacial score (nSPS) is 11.9. The van der Waals surface area contributed by atoms with Crippen molar-refractivity contribution in [2.75, 3.05) is 0 Å². The van der Waals surface area contributed by atoms with E-state index in [1.807, 2.05) is 60.7 Å². The Hall–Kier alpha value is -8.06. The third-order valence-corrected chi connectivity index (χ3v) is 11.4. The molecule has 0 amide bonds. The minimum absolute atomic E-state index is 0.483. The lowest BCUT2D eigenvalue weighted by Crippen LogP contribution is -2.06. The fourth-order valence-electron chi connectivity index (χ4n) is 8.98. The Bertz CT molecular complexity index is 3750. The molecule has 0 fully saturated rings. The summed E-state index contributed by atoms with van der Waals surface area (Å²) in [7, 11) is 0. The lowest BCUT2D eigenvalue weighted by atomic mass is 9.96. The monoisotopic (exact) mass is 714 g/mol. The summed E-state index contributed by atoms with van der Waals surface area (Å²) in [6, 6.07) is 58.2. The molecule has 0 aliphatic rings. The van der Waals surface area contributed by atoms with E-state index in [1.165, 1.54) is 0 Å². The standard InChI is InChI=1S/C50H26N4O2/c51-27-29-10-9-11-30(24-29)40-26-44(54-42-17-6-2-13-33(42)37-21-23-39-35-15-4-8-19-46(35)56-50(39)48(37)54)43(25-31(40)28-52)53-41-16-5-1-12-32(41)36-20-22-38-34-14-3-7-18-45(34)55-49(38)47(36)53/h1-26H. The van der Waals surface area contributed by atoms with Crippen LogP contribution in [0.15, 0.2) is 167 Å². The van der Waals surface area contributed by atoms with Crippen molar-refractivity contribution in [3.8, 4) is 34.6 Å². The molecular weight excluding hydrogens is 689 g/mol. The summed E-state index contributed by atoms with van der Waals surface area (Å²) >= 11 is 0. The van der Waals surface area contributed by atoms with Gasteiger partial charge in [0.15, 0.2) is 11.2 Å². The van der Waals surface area contributed by atoms with Gasteiger partial charge in [-0.05, 0) is 66.2 Å². The van der Waals surface area contributed by atoms with Gasteiger partial charge in [0.05, 0.1) is 56.7 Å². The molecule has 0 aliphatic carbocycles. The highest BCUT2D eigenvalue weighted by molar-refractivity contribution is 6.23. The molecule has 56 heavy (non-hydrogen) atoms. The summed E-state index contributed by atoms with van der Waals surface area (Å²) in [5.74, 6) is 0. The quantitative estimate of drug-likeness (QED) is 0.182. The van der Waals surface area contributed by atoms with Gasteiger partial charge in [-0.3, -0.25) is 0 Å². The molecule has 0 unspecified atom stereocenters. The molecule has 0 aliphatic heterocycles. The number of nitrogens with zero attached hydrogens (tertiary/aromatic N) is 4. The predicted octanol–water partition coefficient (Wildman–Crippen LogP) is 13.1. The number of benzene rings is 8. The second-order valence-corrected chi connectivity index (χ2v) is 14.3. The minimum atomic E-state index is 0.483. The Balaban J connectivity index is 1.32. The van der Waals surface area contributed by atoms with Crippen LogP contribution in [0.4, 0.5) is 0 Å². The van der Waals surface area contributed by atoms with E-state index in [1.54, 1.807) is 6.07 Å². The van der Waals surface area contributed by atoms with Gasteiger partial charge in [0, 0.05) is 48.7 Å². The van der Waals surface area contributed by atoms with E-state index in [0.29, 0.717) is 11.1 Å². The number of rotatable bonds is 3. The van der Waals surface area contributed by atoms with Gasteiger partial charge in [-0.2, -0.15) is 10.5 Å². The number of aromatic nitrogens is 2. The zero-order chi connectivity index (χ0) is 37.1.